The Morgan fingerprint density at radius 3 is 2.69 bits per heavy atom. The number of aromatic amines is 1. The van der Waals surface area contributed by atoms with E-state index in [0.717, 1.165) is 10.1 Å². The van der Waals surface area contributed by atoms with E-state index in [1.165, 1.54) is 17.3 Å². The van der Waals surface area contributed by atoms with Crippen molar-refractivity contribution in [3.05, 3.63) is 71.4 Å². The van der Waals surface area contributed by atoms with Crippen LogP contribution in [0.3, 0.4) is 0 Å². The zero-order valence-corrected chi connectivity index (χ0v) is 17.9. The molecule has 3 N–H and O–H groups in total. The van der Waals surface area contributed by atoms with Gasteiger partial charge in [-0.05, 0) is 28.8 Å². The molecule has 1 aromatic carbocycles. The van der Waals surface area contributed by atoms with Gasteiger partial charge < -0.3 is 19.7 Å². The molecule has 0 bridgehead atoms. The van der Waals surface area contributed by atoms with Crippen LogP contribution in [-0.4, -0.2) is 44.7 Å². The van der Waals surface area contributed by atoms with Gasteiger partial charge in [0.25, 0.3) is 5.56 Å². The lowest BCUT2D eigenvalue weighted by Gasteiger charge is -2.17. The number of nitrogens with zero attached hydrogens (tertiary/aromatic N) is 1. The second-order valence-electron chi connectivity index (χ2n) is 6.35. The summed E-state index contributed by atoms with van der Waals surface area (Å²) in [5.41, 5.74) is -0.412. The van der Waals surface area contributed by atoms with Crippen LogP contribution in [0.5, 0.6) is 0 Å². The van der Waals surface area contributed by atoms with Crippen molar-refractivity contribution in [2.75, 3.05) is 6.61 Å². The zero-order valence-electron chi connectivity index (χ0n) is 14.8. The minimum atomic E-state index is -1.39. The van der Waals surface area contributed by atoms with Crippen molar-refractivity contribution in [3.8, 4) is 0 Å². The molecule has 156 valence electrons. The summed E-state index contributed by atoms with van der Waals surface area (Å²) in [7, 11) is 0. The molecule has 0 saturated carbocycles. The van der Waals surface area contributed by atoms with Gasteiger partial charge >= 0.3 is 5.69 Å². The number of hydrogen-bond acceptors (Lipinski definition) is 6. The first kappa shape index (κ1) is 22.2. The van der Waals surface area contributed by atoms with Gasteiger partial charge in [-0.1, -0.05) is 45.2 Å². The molecule has 1 aromatic heterocycles. The van der Waals surface area contributed by atoms with E-state index in [2.05, 4.69) is 20.9 Å². The van der Waals surface area contributed by atoms with E-state index in [9.17, 15) is 19.8 Å². The molecular formula is C18H17BrCl2N2O6. The number of aliphatic hydroxyl groups excluding tert-OH is 2. The van der Waals surface area contributed by atoms with E-state index in [1.54, 1.807) is 18.2 Å². The van der Waals surface area contributed by atoms with Gasteiger partial charge in [-0.3, -0.25) is 14.3 Å². The Hall–Kier alpha value is -1.46. The maximum Gasteiger partial charge on any atom is 0.330 e. The highest BCUT2D eigenvalue weighted by molar-refractivity contribution is 9.11. The molecule has 2 aromatic rings. The number of aromatic nitrogens is 2. The van der Waals surface area contributed by atoms with Crippen LogP contribution in [0, 0.1) is 0 Å². The third-order valence-corrected chi connectivity index (χ3v) is 5.39. The molecular weight excluding hydrogens is 491 g/mol. The molecule has 0 spiro atoms. The molecule has 0 amide bonds. The van der Waals surface area contributed by atoms with E-state index >= 15 is 0 Å². The van der Waals surface area contributed by atoms with Crippen molar-refractivity contribution in [1.82, 2.24) is 9.55 Å². The van der Waals surface area contributed by atoms with Crippen molar-refractivity contribution in [1.29, 1.82) is 0 Å². The Kier molecular flexibility index (Phi) is 7.33. The molecule has 11 heteroatoms. The maximum absolute atomic E-state index is 12.1. The van der Waals surface area contributed by atoms with Gasteiger partial charge in [0.05, 0.1) is 28.8 Å². The van der Waals surface area contributed by atoms with E-state index in [0.29, 0.717) is 10.0 Å². The topological polar surface area (TPSA) is 114 Å². The number of aliphatic hydroxyl groups is 2. The lowest BCUT2D eigenvalue weighted by atomic mass is 10.1. The van der Waals surface area contributed by atoms with Crippen LogP contribution in [0.25, 0.3) is 6.08 Å². The van der Waals surface area contributed by atoms with Gasteiger partial charge in [0.15, 0.2) is 6.23 Å². The van der Waals surface area contributed by atoms with Crippen LogP contribution in [0.2, 0.25) is 10.0 Å². The molecule has 1 aliphatic heterocycles. The summed E-state index contributed by atoms with van der Waals surface area (Å²) in [6.07, 6.45) is -2.06. The van der Waals surface area contributed by atoms with Crippen LogP contribution in [0.15, 0.2) is 39.0 Å². The number of halogens is 3. The van der Waals surface area contributed by atoms with Crippen LogP contribution in [-0.2, 0) is 16.1 Å². The van der Waals surface area contributed by atoms with Crippen molar-refractivity contribution in [2.45, 2.75) is 31.1 Å². The normalized spacial score (nSPS) is 24.4. The molecule has 0 radical (unpaired) electrons. The van der Waals surface area contributed by atoms with Crippen molar-refractivity contribution in [2.24, 2.45) is 0 Å². The van der Waals surface area contributed by atoms with Crippen LogP contribution in [0.4, 0.5) is 0 Å². The van der Waals surface area contributed by atoms with Gasteiger partial charge in [0.2, 0.25) is 0 Å². The van der Waals surface area contributed by atoms with Gasteiger partial charge in [-0.2, -0.15) is 0 Å². The average Bonchev–Trinajstić information content (AvgIpc) is 2.95. The largest absolute Gasteiger partial charge is 0.387 e. The Bertz CT molecular complexity index is 1020. The zero-order chi connectivity index (χ0) is 21.1. The Morgan fingerprint density at radius 2 is 2.00 bits per heavy atom. The summed E-state index contributed by atoms with van der Waals surface area (Å²) in [6, 6.07) is 5.05. The summed E-state index contributed by atoms with van der Waals surface area (Å²) >= 11 is 14.9. The fourth-order valence-electron chi connectivity index (χ4n) is 2.90. The van der Waals surface area contributed by atoms with Crippen LogP contribution < -0.4 is 11.2 Å². The summed E-state index contributed by atoms with van der Waals surface area (Å²) < 4.78 is 12.2. The molecule has 4 atom stereocenters. The molecule has 1 saturated heterocycles. The second kappa shape index (κ2) is 9.57. The minimum Gasteiger partial charge on any atom is -0.387 e. The predicted octanol–water partition coefficient (Wildman–Crippen LogP) is 2.04. The van der Waals surface area contributed by atoms with E-state index in [-0.39, 0.29) is 18.8 Å². The minimum absolute atomic E-state index is 0.0404. The smallest absolute Gasteiger partial charge is 0.330 e. The molecule has 3 rings (SSSR count). The summed E-state index contributed by atoms with van der Waals surface area (Å²) in [4.78, 5) is 27.5. The van der Waals surface area contributed by atoms with E-state index in [1.807, 2.05) is 0 Å². The second-order valence-corrected chi connectivity index (χ2v) is 7.70. The fraction of sp³-hybridized carbons (Fsp3) is 0.333. The average molecular weight is 508 g/mol. The Labute approximate surface area is 183 Å². The van der Waals surface area contributed by atoms with Gasteiger partial charge in [0.1, 0.15) is 18.3 Å². The third kappa shape index (κ3) is 5.00. The lowest BCUT2D eigenvalue weighted by Crippen LogP contribution is -2.38. The predicted molar refractivity (Wildman–Crippen MR) is 111 cm³/mol. The Balaban J connectivity index is 1.70. The molecule has 0 unspecified atom stereocenters. The van der Waals surface area contributed by atoms with Crippen molar-refractivity contribution >= 4 is 45.2 Å². The van der Waals surface area contributed by atoms with E-state index in [4.69, 9.17) is 32.7 Å². The number of rotatable bonds is 6. The number of nitrogens with one attached hydrogen (secondary N) is 1. The molecule has 8 nitrogen and oxygen atoms in total. The molecule has 0 aliphatic carbocycles. The van der Waals surface area contributed by atoms with Gasteiger partial charge in [-0.25, -0.2) is 4.79 Å². The number of H-pyrrole nitrogens is 1. The number of benzene rings is 1. The highest BCUT2D eigenvalue weighted by atomic mass is 79.9. The van der Waals surface area contributed by atoms with Crippen molar-refractivity contribution in [3.63, 3.8) is 0 Å². The van der Waals surface area contributed by atoms with Crippen molar-refractivity contribution < 1.29 is 19.7 Å². The van der Waals surface area contributed by atoms with Gasteiger partial charge in [0, 0.05) is 6.20 Å². The van der Waals surface area contributed by atoms with Gasteiger partial charge in [-0.15, -0.1) is 0 Å². The fourth-order valence-corrected chi connectivity index (χ4v) is 3.50. The highest BCUT2D eigenvalue weighted by Crippen LogP contribution is 2.29. The SMILES string of the molecule is O=c1[nH]c(=O)n([C@@H]2O[C@H](COCc3ccc(Cl)c(Cl)c3)[C@@H](O)[C@@H]2O)cc1C=CBr. The monoisotopic (exact) mass is 506 g/mol. The standard InChI is InChI=1S/C18H17BrCl2N2O6/c19-4-3-10-6-23(18(27)22-16(10)26)17-15(25)14(24)13(29-17)8-28-7-9-1-2-11(20)12(21)5-9/h1-6,13-15,17,24-25H,7-8H2,(H,22,26,27)/t13-,14-,15+,17-/m1/s1. The van der Waals surface area contributed by atoms with Crippen LogP contribution >= 0.6 is 39.1 Å². The van der Waals surface area contributed by atoms with E-state index < -0.39 is 35.8 Å². The lowest BCUT2D eigenvalue weighted by molar-refractivity contribution is -0.0711. The Morgan fingerprint density at radius 1 is 1.24 bits per heavy atom. The molecule has 1 fully saturated rings. The van der Waals surface area contributed by atoms with Crippen LogP contribution in [0.1, 0.15) is 17.4 Å². The molecule has 1 aliphatic rings. The molecule has 29 heavy (non-hydrogen) atoms. The first-order chi connectivity index (χ1) is 13.8. The summed E-state index contributed by atoms with van der Waals surface area (Å²) in [6.45, 7) is 0.143. The summed E-state index contributed by atoms with van der Waals surface area (Å²) in [5.74, 6) is 0. The highest BCUT2D eigenvalue weighted by Gasteiger charge is 2.44. The number of hydrogen-bond donors (Lipinski definition) is 3. The summed E-state index contributed by atoms with van der Waals surface area (Å²) in [5, 5.41) is 21.4. The third-order valence-electron chi connectivity index (χ3n) is 4.38. The molecule has 2 heterocycles. The number of ether oxygens (including phenoxy) is 2. The first-order valence-corrected chi connectivity index (χ1v) is 10.1. The maximum atomic E-state index is 12.1. The first-order valence-electron chi connectivity index (χ1n) is 8.47. The quantitative estimate of drug-likeness (QED) is 0.551.